The summed E-state index contributed by atoms with van der Waals surface area (Å²) in [6.07, 6.45) is 3.52. The summed E-state index contributed by atoms with van der Waals surface area (Å²) in [5.41, 5.74) is -0.245. The number of amides is 1. The van der Waals surface area contributed by atoms with Crippen molar-refractivity contribution in [2.45, 2.75) is 44.8 Å². The summed E-state index contributed by atoms with van der Waals surface area (Å²) >= 11 is 0. The average molecular weight is 272 g/mol. The lowest BCUT2D eigenvalue weighted by Gasteiger charge is -2.29. The van der Waals surface area contributed by atoms with Crippen LogP contribution in [0.4, 0.5) is 0 Å². The summed E-state index contributed by atoms with van der Waals surface area (Å²) in [4.78, 5) is 13.8. The molecule has 0 radical (unpaired) electrons. The van der Waals surface area contributed by atoms with E-state index in [2.05, 4.69) is 10.2 Å². The highest BCUT2D eigenvalue weighted by atomic mass is 16.5. The second-order valence-electron chi connectivity index (χ2n) is 6.17. The third-order valence-electron chi connectivity index (χ3n) is 3.00. The van der Waals surface area contributed by atoms with Gasteiger partial charge in [-0.2, -0.15) is 0 Å². The molecule has 19 heavy (non-hydrogen) atoms. The topological polar surface area (TPSA) is 50.8 Å². The van der Waals surface area contributed by atoms with E-state index in [0.29, 0.717) is 6.61 Å². The molecule has 5 heteroatoms. The van der Waals surface area contributed by atoms with E-state index in [-0.39, 0.29) is 24.2 Å². The average Bonchev–Trinajstić information content (AvgIpc) is 2.27. The number of ether oxygens (including phenoxy) is 2. The molecule has 0 aliphatic carbocycles. The van der Waals surface area contributed by atoms with Crippen molar-refractivity contribution in [3.8, 4) is 0 Å². The number of carbonyl (C=O) groups is 1. The second kappa shape index (κ2) is 7.82. The van der Waals surface area contributed by atoms with Gasteiger partial charge in [0, 0.05) is 18.7 Å². The molecule has 1 saturated heterocycles. The van der Waals surface area contributed by atoms with Gasteiger partial charge >= 0.3 is 0 Å². The summed E-state index contributed by atoms with van der Waals surface area (Å²) in [6.45, 7) is 6.25. The lowest BCUT2D eigenvalue weighted by molar-refractivity contribution is -0.129. The zero-order valence-electron chi connectivity index (χ0n) is 12.7. The first-order chi connectivity index (χ1) is 8.89. The van der Waals surface area contributed by atoms with Gasteiger partial charge in [0.1, 0.15) is 6.61 Å². The van der Waals surface area contributed by atoms with E-state index in [1.807, 2.05) is 27.9 Å². The summed E-state index contributed by atoms with van der Waals surface area (Å²) in [7, 11) is 3.98. The molecule has 1 aliphatic heterocycles. The minimum atomic E-state index is -0.245. The van der Waals surface area contributed by atoms with Crippen LogP contribution in [0.5, 0.6) is 0 Å². The minimum absolute atomic E-state index is 0.0670. The van der Waals surface area contributed by atoms with Gasteiger partial charge in [-0.25, -0.2) is 0 Å². The first kappa shape index (κ1) is 16.4. The minimum Gasteiger partial charge on any atom is -0.376 e. The number of hydrogen-bond acceptors (Lipinski definition) is 4. The maximum Gasteiger partial charge on any atom is 0.246 e. The standard InChI is InChI=1S/C14H28N2O3/c1-14(2,11-16(3)4)15-13(17)10-18-9-12-7-5-6-8-19-12/h12H,5-11H2,1-4H3,(H,15,17)/t12-/m1/s1. The van der Waals surface area contributed by atoms with Crippen molar-refractivity contribution in [1.29, 1.82) is 0 Å². The monoisotopic (exact) mass is 272 g/mol. The second-order valence-corrected chi connectivity index (χ2v) is 6.17. The van der Waals surface area contributed by atoms with E-state index in [1.54, 1.807) is 0 Å². The van der Waals surface area contributed by atoms with Gasteiger partial charge in [-0.1, -0.05) is 0 Å². The molecule has 0 spiro atoms. The molecule has 1 fully saturated rings. The molecule has 0 aromatic rings. The lowest BCUT2D eigenvalue weighted by atomic mass is 10.1. The molecule has 1 aliphatic rings. The molecule has 1 N–H and O–H groups in total. The van der Waals surface area contributed by atoms with E-state index in [1.165, 1.54) is 6.42 Å². The Balaban J connectivity index is 2.16. The van der Waals surface area contributed by atoms with Crippen LogP contribution in [-0.4, -0.2) is 62.9 Å². The van der Waals surface area contributed by atoms with Gasteiger partial charge in [0.25, 0.3) is 0 Å². The van der Waals surface area contributed by atoms with Crippen molar-refractivity contribution >= 4 is 5.91 Å². The van der Waals surface area contributed by atoms with Gasteiger partial charge in [0.2, 0.25) is 5.91 Å². The Bertz CT molecular complexity index is 274. The van der Waals surface area contributed by atoms with Crippen LogP contribution in [0.25, 0.3) is 0 Å². The van der Waals surface area contributed by atoms with E-state index in [0.717, 1.165) is 26.0 Å². The highest BCUT2D eigenvalue weighted by Crippen LogP contribution is 2.12. The molecule has 112 valence electrons. The summed E-state index contributed by atoms with van der Waals surface area (Å²) in [5, 5.41) is 2.98. The number of carbonyl (C=O) groups excluding carboxylic acids is 1. The third kappa shape index (κ3) is 7.50. The molecule has 1 heterocycles. The molecular weight excluding hydrogens is 244 g/mol. The fourth-order valence-corrected chi connectivity index (χ4v) is 2.47. The van der Waals surface area contributed by atoms with E-state index in [4.69, 9.17) is 9.47 Å². The van der Waals surface area contributed by atoms with E-state index in [9.17, 15) is 4.79 Å². The van der Waals surface area contributed by atoms with Crippen molar-refractivity contribution in [2.24, 2.45) is 0 Å². The Morgan fingerprint density at radius 2 is 2.16 bits per heavy atom. The maximum absolute atomic E-state index is 11.8. The predicted molar refractivity (Wildman–Crippen MR) is 75.2 cm³/mol. The Hall–Kier alpha value is -0.650. The van der Waals surface area contributed by atoms with Crippen LogP contribution in [0.3, 0.4) is 0 Å². The Labute approximate surface area is 116 Å². The van der Waals surface area contributed by atoms with Crippen molar-refractivity contribution in [2.75, 3.05) is 40.5 Å². The van der Waals surface area contributed by atoms with Gasteiger partial charge in [-0.3, -0.25) is 4.79 Å². The zero-order chi connectivity index (χ0) is 14.3. The van der Waals surface area contributed by atoms with Crippen LogP contribution in [-0.2, 0) is 14.3 Å². The van der Waals surface area contributed by atoms with Gasteiger partial charge in [-0.15, -0.1) is 0 Å². The number of likely N-dealkylation sites (N-methyl/N-ethyl adjacent to an activating group) is 1. The van der Waals surface area contributed by atoms with Gasteiger partial charge in [0.05, 0.1) is 12.7 Å². The first-order valence-electron chi connectivity index (χ1n) is 7.04. The number of nitrogens with one attached hydrogen (secondary N) is 1. The molecule has 1 atom stereocenters. The number of hydrogen-bond donors (Lipinski definition) is 1. The maximum atomic E-state index is 11.8. The lowest BCUT2D eigenvalue weighted by Crippen LogP contribution is -2.51. The molecule has 1 amide bonds. The quantitative estimate of drug-likeness (QED) is 0.752. The summed E-state index contributed by atoms with van der Waals surface area (Å²) < 4.78 is 11.0. The molecule has 0 aromatic heterocycles. The molecule has 1 rings (SSSR count). The molecule has 0 bridgehead atoms. The van der Waals surface area contributed by atoms with Crippen molar-refractivity contribution < 1.29 is 14.3 Å². The largest absolute Gasteiger partial charge is 0.376 e. The van der Waals surface area contributed by atoms with Crippen molar-refractivity contribution in [3.05, 3.63) is 0 Å². The van der Waals surface area contributed by atoms with Crippen LogP contribution in [0.1, 0.15) is 33.1 Å². The van der Waals surface area contributed by atoms with Gasteiger partial charge in [-0.05, 0) is 47.2 Å². The number of nitrogens with zero attached hydrogens (tertiary/aromatic N) is 1. The molecule has 0 unspecified atom stereocenters. The Morgan fingerprint density at radius 1 is 1.42 bits per heavy atom. The summed E-state index contributed by atoms with van der Waals surface area (Å²) in [5.74, 6) is -0.0670. The molecule has 0 aromatic carbocycles. The Morgan fingerprint density at radius 3 is 2.74 bits per heavy atom. The number of rotatable bonds is 7. The molecular formula is C14H28N2O3. The van der Waals surface area contributed by atoms with Gasteiger partial charge < -0.3 is 19.7 Å². The van der Waals surface area contributed by atoms with Crippen LogP contribution < -0.4 is 5.32 Å². The van der Waals surface area contributed by atoms with Crippen molar-refractivity contribution in [1.82, 2.24) is 10.2 Å². The fourth-order valence-electron chi connectivity index (χ4n) is 2.47. The van der Waals surface area contributed by atoms with E-state index < -0.39 is 0 Å². The Kier molecular flexibility index (Phi) is 6.75. The highest BCUT2D eigenvalue weighted by Gasteiger charge is 2.21. The third-order valence-corrected chi connectivity index (χ3v) is 3.00. The van der Waals surface area contributed by atoms with E-state index >= 15 is 0 Å². The SMILES string of the molecule is CN(C)CC(C)(C)NC(=O)COC[C@H]1CCCCO1. The smallest absolute Gasteiger partial charge is 0.246 e. The molecule has 5 nitrogen and oxygen atoms in total. The molecule has 0 saturated carbocycles. The highest BCUT2D eigenvalue weighted by molar-refractivity contribution is 5.77. The van der Waals surface area contributed by atoms with Crippen LogP contribution in [0.15, 0.2) is 0 Å². The van der Waals surface area contributed by atoms with Gasteiger partial charge in [0.15, 0.2) is 0 Å². The van der Waals surface area contributed by atoms with Crippen LogP contribution >= 0.6 is 0 Å². The first-order valence-corrected chi connectivity index (χ1v) is 7.04. The zero-order valence-corrected chi connectivity index (χ0v) is 12.7. The van der Waals surface area contributed by atoms with Crippen LogP contribution in [0, 0.1) is 0 Å². The summed E-state index contributed by atoms with van der Waals surface area (Å²) in [6, 6.07) is 0. The fraction of sp³-hybridized carbons (Fsp3) is 0.929. The van der Waals surface area contributed by atoms with Crippen molar-refractivity contribution in [3.63, 3.8) is 0 Å². The van der Waals surface area contributed by atoms with Crippen LogP contribution in [0.2, 0.25) is 0 Å². The normalized spacial score (nSPS) is 20.6. The predicted octanol–water partition coefficient (Wildman–Crippen LogP) is 1.03.